The van der Waals surface area contributed by atoms with Crippen molar-refractivity contribution >= 4 is 5.97 Å². The molecule has 3 nitrogen and oxygen atoms in total. The van der Waals surface area contributed by atoms with Crippen molar-refractivity contribution in [2.24, 2.45) is 5.92 Å². The molecule has 0 amide bonds. The Hall–Kier alpha value is -0.780. The van der Waals surface area contributed by atoms with Gasteiger partial charge in [0.1, 0.15) is 0 Å². The lowest BCUT2D eigenvalue weighted by atomic mass is 9.87. The van der Waals surface area contributed by atoms with Gasteiger partial charge in [-0.05, 0) is 12.3 Å². The molecule has 0 bridgehead atoms. The van der Waals surface area contributed by atoms with E-state index in [1.807, 2.05) is 0 Å². The van der Waals surface area contributed by atoms with Crippen LogP contribution in [0.4, 0.5) is 13.2 Å². The summed E-state index contributed by atoms with van der Waals surface area (Å²) in [4.78, 5) is 11.0. The van der Waals surface area contributed by atoms with E-state index in [1.54, 1.807) is 0 Å². The van der Waals surface area contributed by atoms with Crippen LogP contribution < -0.4 is 0 Å². The fourth-order valence-electron chi connectivity index (χ4n) is 2.35. The first-order valence-electron chi connectivity index (χ1n) is 7.27. The molecular formula is C14H23F3O3. The van der Waals surface area contributed by atoms with Crippen LogP contribution in [0.5, 0.6) is 0 Å². The Morgan fingerprint density at radius 3 is 2.45 bits per heavy atom. The maximum atomic E-state index is 12.6. The van der Waals surface area contributed by atoms with Crippen molar-refractivity contribution < 1.29 is 27.4 Å². The third-order valence-electron chi connectivity index (χ3n) is 3.59. The Bertz CT molecular complexity index is 286. The SMILES string of the molecule is CCC(=O)OC(COCCC1CCCCC1)C(F)(F)F. The summed E-state index contributed by atoms with van der Waals surface area (Å²) in [6.07, 6.45) is -0.0972. The first kappa shape index (κ1) is 17.3. The van der Waals surface area contributed by atoms with Crippen molar-refractivity contribution in [3.05, 3.63) is 0 Å². The molecule has 1 fully saturated rings. The summed E-state index contributed by atoms with van der Waals surface area (Å²) >= 11 is 0. The third-order valence-corrected chi connectivity index (χ3v) is 3.59. The Morgan fingerprint density at radius 2 is 1.90 bits per heavy atom. The highest BCUT2D eigenvalue weighted by Crippen LogP contribution is 2.27. The summed E-state index contributed by atoms with van der Waals surface area (Å²) in [5.41, 5.74) is 0. The van der Waals surface area contributed by atoms with Crippen LogP contribution in [0, 0.1) is 5.92 Å². The van der Waals surface area contributed by atoms with Crippen molar-refractivity contribution in [3.63, 3.8) is 0 Å². The Kier molecular flexibility index (Phi) is 7.34. The van der Waals surface area contributed by atoms with Crippen LogP contribution in [0.1, 0.15) is 51.9 Å². The zero-order chi connectivity index (χ0) is 15.0. The van der Waals surface area contributed by atoms with Crippen LogP contribution >= 0.6 is 0 Å². The van der Waals surface area contributed by atoms with E-state index in [9.17, 15) is 18.0 Å². The lowest BCUT2D eigenvalue weighted by Crippen LogP contribution is -2.37. The molecule has 0 saturated heterocycles. The second-order valence-corrected chi connectivity index (χ2v) is 5.24. The van der Waals surface area contributed by atoms with Gasteiger partial charge in [-0.15, -0.1) is 0 Å². The minimum absolute atomic E-state index is 0.0747. The third kappa shape index (κ3) is 6.59. The molecule has 0 spiro atoms. The van der Waals surface area contributed by atoms with Gasteiger partial charge in [0.05, 0.1) is 6.61 Å². The van der Waals surface area contributed by atoms with E-state index in [0.29, 0.717) is 12.5 Å². The smallest absolute Gasteiger partial charge is 0.427 e. The largest absolute Gasteiger partial charge is 0.450 e. The Balaban J connectivity index is 2.25. The number of ether oxygens (including phenoxy) is 2. The molecular weight excluding hydrogens is 273 g/mol. The first-order valence-corrected chi connectivity index (χ1v) is 7.27. The molecule has 20 heavy (non-hydrogen) atoms. The maximum absolute atomic E-state index is 12.6. The molecule has 1 saturated carbocycles. The van der Waals surface area contributed by atoms with Gasteiger partial charge in [-0.2, -0.15) is 13.2 Å². The number of carbonyl (C=O) groups is 1. The Morgan fingerprint density at radius 1 is 1.25 bits per heavy atom. The average Bonchev–Trinajstić information content (AvgIpc) is 2.41. The number of rotatable bonds is 7. The standard InChI is InChI=1S/C14H23F3O3/c1-2-13(18)20-12(14(15,16)17)10-19-9-8-11-6-4-3-5-7-11/h11-12H,2-10H2,1H3. The van der Waals surface area contributed by atoms with Crippen molar-refractivity contribution in [2.75, 3.05) is 13.2 Å². The lowest BCUT2D eigenvalue weighted by Gasteiger charge is -2.23. The van der Waals surface area contributed by atoms with Crippen LogP contribution in [0.2, 0.25) is 0 Å². The fourth-order valence-corrected chi connectivity index (χ4v) is 2.35. The number of hydrogen-bond acceptors (Lipinski definition) is 3. The molecule has 0 heterocycles. The molecule has 1 aliphatic carbocycles. The van der Waals surface area contributed by atoms with Crippen molar-refractivity contribution in [1.29, 1.82) is 0 Å². The highest BCUT2D eigenvalue weighted by molar-refractivity contribution is 5.69. The fraction of sp³-hybridized carbons (Fsp3) is 0.929. The molecule has 1 unspecified atom stereocenters. The molecule has 0 aromatic rings. The first-order chi connectivity index (χ1) is 9.43. The minimum atomic E-state index is -4.57. The van der Waals surface area contributed by atoms with Crippen molar-refractivity contribution in [2.45, 2.75) is 64.1 Å². The highest BCUT2D eigenvalue weighted by atomic mass is 19.4. The predicted molar refractivity (Wildman–Crippen MR) is 68.2 cm³/mol. The number of alkyl halides is 3. The normalized spacial score (nSPS) is 18.8. The van der Waals surface area contributed by atoms with Crippen molar-refractivity contribution in [3.8, 4) is 0 Å². The van der Waals surface area contributed by atoms with Gasteiger partial charge in [0, 0.05) is 13.0 Å². The average molecular weight is 296 g/mol. The van der Waals surface area contributed by atoms with Gasteiger partial charge in [0.25, 0.3) is 0 Å². The summed E-state index contributed by atoms with van der Waals surface area (Å²) < 4.78 is 47.4. The molecule has 0 radical (unpaired) electrons. The second-order valence-electron chi connectivity index (χ2n) is 5.24. The summed E-state index contributed by atoms with van der Waals surface area (Å²) in [6.45, 7) is 1.14. The molecule has 0 aromatic carbocycles. The summed E-state index contributed by atoms with van der Waals surface area (Å²) in [5, 5.41) is 0. The molecule has 0 N–H and O–H groups in total. The van der Waals surface area contributed by atoms with E-state index >= 15 is 0 Å². The van der Waals surface area contributed by atoms with E-state index in [-0.39, 0.29) is 6.42 Å². The lowest BCUT2D eigenvalue weighted by molar-refractivity contribution is -0.232. The van der Waals surface area contributed by atoms with Crippen LogP contribution in [-0.4, -0.2) is 31.5 Å². The molecule has 1 atom stereocenters. The highest BCUT2D eigenvalue weighted by Gasteiger charge is 2.42. The Labute approximate surface area is 117 Å². The quantitative estimate of drug-likeness (QED) is 0.528. The monoisotopic (exact) mass is 296 g/mol. The summed E-state index contributed by atoms with van der Waals surface area (Å²) in [6, 6.07) is 0. The van der Waals surface area contributed by atoms with E-state index in [4.69, 9.17) is 4.74 Å². The van der Waals surface area contributed by atoms with Crippen LogP contribution in [0.3, 0.4) is 0 Å². The van der Waals surface area contributed by atoms with Gasteiger partial charge in [-0.25, -0.2) is 0 Å². The van der Waals surface area contributed by atoms with E-state index < -0.39 is 24.9 Å². The molecule has 1 aliphatic rings. The molecule has 1 rings (SSSR count). The number of hydrogen-bond donors (Lipinski definition) is 0. The van der Waals surface area contributed by atoms with E-state index in [0.717, 1.165) is 19.3 Å². The molecule has 0 aromatic heterocycles. The van der Waals surface area contributed by atoms with Gasteiger partial charge < -0.3 is 9.47 Å². The zero-order valence-corrected chi connectivity index (χ0v) is 11.9. The van der Waals surface area contributed by atoms with Crippen LogP contribution in [0.15, 0.2) is 0 Å². The maximum Gasteiger partial charge on any atom is 0.427 e. The number of carbonyl (C=O) groups excluding carboxylic acids is 1. The van der Waals surface area contributed by atoms with Crippen LogP contribution in [0.25, 0.3) is 0 Å². The molecule has 118 valence electrons. The van der Waals surface area contributed by atoms with Gasteiger partial charge in [0.15, 0.2) is 0 Å². The second kappa shape index (κ2) is 8.49. The van der Waals surface area contributed by atoms with Gasteiger partial charge in [0.2, 0.25) is 6.10 Å². The van der Waals surface area contributed by atoms with Gasteiger partial charge in [-0.3, -0.25) is 4.79 Å². The molecule has 6 heteroatoms. The topological polar surface area (TPSA) is 35.5 Å². The number of halogens is 3. The zero-order valence-electron chi connectivity index (χ0n) is 11.9. The van der Waals surface area contributed by atoms with Gasteiger partial charge in [-0.1, -0.05) is 39.0 Å². The van der Waals surface area contributed by atoms with E-state index in [2.05, 4.69) is 4.74 Å². The van der Waals surface area contributed by atoms with Gasteiger partial charge >= 0.3 is 12.1 Å². The number of esters is 1. The van der Waals surface area contributed by atoms with E-state index in [1.165, 1.54) is 26.2 Å². The summed E-state index contributed by atoms with van der Waals surface area (Å²) in [7, 11) is 0. The minimum Gasteiger partial charge on any atom is -0.450 e. The summed E-state index contributed by atoms with van der Waals surface area (Å²) in [5.74, 6) is -0.297. The van der Waals surface area contributed by atoms with Crippen LogP contribution in [-0.2, 0) is 14.3 Å². The predicted octanol–water partition coefficient (Wildman–Crippen LogP) is 3.86. The van der Waals surface area contributed by atoms with Crippen molar-refractivity contribution in [1.82, 2.24) is 0 Å². The molecule has 0 aliphatic heterocycles.